The minimum Gasteiger partial charge on any atom is -0.507 e. The van der Waals surface area contributed by atoms with Crippen molar-refractivity contribution in [2.75, 3.05) is 0 Å². The Kier molecular flexibility index (Phi) is 3.35. The highest BCUT2D eigenvalue weighted by molar-refractivity contribution is 6.21. The first-order chi connectivity index (χ1) is 10.6. The van der Waals surface area contributed by atoms with Crippen molar-refractivity contribution in [1.82, 2.24) is 0 Å². The minimum absolute atomic E-state index is 0.0571. The number of phenolic OH excluding ortho intramolecular Hbond substituents is 1. The normalized spacial score (nSPS) is 10.5. The summed E-state index contributed by atoms with van der Waals surface area (Å²) in [6.45, 7) is 0. The molecule has 2 N–H and O–H groups in total. The number of aromatic carboxylic acids is 1. The number of carbonyl (C=O) groups excluding carboxylic acids is 1. The second-order valence-electron chi connectivity index (χ2n) is 4.86. The maximum atomic E-state index is 12.8. The Bertz CT molecular complexity index is 896. The van der Waals surface area contributed by atoms with Crippen molar-refractivity contribution in [3.8, 4) is 5.75 Å². The molecule has 4 nitrogen and oxygen atoms in total. The number of hydrogen-bond acceptors (Lipinski definition) is 3. The summed E-state index contributed by atoms with van der Waals surface area (Å²) in [5.41, 5.74) is 0.0910. The number of fused-ring (bicyclic) bond motifs is 1. The Morgan fingerprint density at radius 3 is 2.14 bits per heavy atom. The first kappa shape index (κ1) is 13.8. The van der Waals surface area contributed by atoms with Gasteiger partial charge in [0.2, 0.25) is 0 Å². The summed E-state index contributed by atoms with van der Waals surface area (Å²) in [5, 5.41) is 20.7. The SMILES string of the molecule is O=C(O)c1ccccc1C(=O)c1c(O)ccc2ccccc12. The van der Waals surface area contributed by atoms with Crippen molar-refractivity contribution in [1.29, 1.82) is 0 Å². The molecule has 22 heavy (non-hydrogen) atoms. The maximum absolute atomic E-state index is 12.8. The minimum atomic E-state index is -1.18. The van der Waals surface area contributed by atoms with Crippen LogP contribution in [0.2, 0.25) is 0 Å². The van der Waals surface area contributed by atoms with Crippen molar-refractivity contribution >= 4 is 22.5 Å². The molecule has 0 atom stereocenters. The van der Waals surface area contributed by atoms with E-state index in [0.717, 1.165) is 5.39 Å². The summed E-state index contributed by atoms with van der Waals surface area (Å²) in [5.74, 6) is -1.85. The lowest BCUT2D eigenvalue weighted by Gasteiger charge is -2.10. The Balaban J connectivity index is 2.27. The molecule has 0 unspecified atom stereocenters. The summed E-state index contributed by atoms with van der Waals surface area (Å²) in [4.78, 5) is 24.1. The molecule has 0 aromatic heterocycles. The van der Waals surface area contributed by atoms with E-state index < -0.39 is 11.8 Å². The Hall–Kier alpha value is -3.14. The zero-order chi connectivity index (χ0) is 15.7. The van der Waals surface area contributed by atoms with Crippen LogP contribution < -0.4 is 0 Å². The van der Waals surface area contributed by atoms with E-state index in [1.54, 1.807) is 30.3 Å². The molecule has 0 bridgehead atoms. The molecule has 3 aromatic carbocycles. The molecule has 0 heterocycles. The maximum Gasteiger partial charge on any atom is 0.336 e. The van der Waals surface area contributed by atoms with E-state index in [2.05, 4.69) is 0 Å². The Labute approximate surface area is 126 Å². The first-order valence-electron chi connectivity index (χ1n) is 6.67. The van der Waals surface area contributed by atoms with Gasteiger partial charge in [0.1, 0.15) is 5.75 Å². The molecule has 0 aliphatic carbocycles. The summed E-state index contributed by atoms with van der Waals surface area (Å²) in [6, 6.07) is 16.3. The lowest BCUT2D eigenvalue weighted by atomic mass is 9.93. The third-order valence-electron chi connectivity index (χ3n) is 3.54. The highest BCUT2D eigenvalue weighted by Crippen LogP contribution is 2.30. The zero-order valence-corrected chi connectivity index (χ0v) is 11.5. The molecule has 0 fully saturated rings. The van der Waals surface area contributed by atoms with Crippen LogP contribution >= 0.6 is 0 Å². The fourth-order valence-electron chi connectivity index (χ4n) is 2.50. The van der Waals surface area contributed by atoms with Gasteiger partial charge < -0.3 is 10.2 Å². The van der Waals surface area contributed by atoms with Crippen LogP contribution in [0, 0.1) is 0 Å². The van der Waals surface area contributed by atoms with E-state index in [9.17, 15) is 19.8 Å². The van der Waals surface area contributed by atoms with E-state index in [1.165, 1.54) is 18.2 Å². The Morgan fingerprint density at radius 1 is 0.773 bits per heavy atom. The second-order valence-corrected chi connectivity index (χ2v) is 4.86. The second kappa shape index (κ2) is 5.33. The lowest BCUT2D eigenvalue weighted by molar-refractivity contribution is 0.0692. The average molecular weight is 292 g/mol. The number of ketones is 1. The quantitative estimate of drug-likeness (QED) is 0.725. The van der Waals surface area contributed by atoms with Gasteiger partial charge in [0.25, 0.3) is 0 Å². The number of benzene rings is 3. The van der Waals surface area contributed by atoms with E-state index in [1.807, 2.05) is 12.1 Å². The molecule has 0 aliphatic rings. The highest BCUT2D eigenvalue weighted by atomic mass is 16.4. The molecule has 0 aliphatic heterocycles. The summed E-state index contributed by atoms with van der Waals surface area (Å²) >= 11 is 0. The Morgan fingerprint density at radius 2 is 1.41 bits per heavy atom. The number of carboxylic acids is 1. The van der Waals surface area contributed by atoms with Gasteiger partial charge in [0.05, 0.1) is 11.1 Å². The van der Waals surface area contributed by atoms with Gasteiger partial charge in [-0.15, -0.1) is 0 Å². The van der Waals surface area contributed by atoms with E-state index in [0.29, 0.717) is 5.39 Å². The number of carboxylic acid groups (broad SMARTS) is 1. The predicted octanol–water partition coefficient (Wildman–Crippen LogP) is 3.47. The number of phenols is 1. The van der Waals surface area contributed by atoms with E-state index in [4.69, 9.17) is 0 Å². The molecule has 4 heteroatoms. The van der Waals surface area contributed by atoms with Crippen LogP contribution in [0.1, 0.15) is 26.3 Å². The van der Waals surface area contributed by atoms with E-state index >= 15 is 0 Å². The summed E-state index contributed by atoms with van der Waals surface area (Å²) in [7, 11) is 0. The number of hydrogen-bond donors (Lipinski definition) is 2. The van der Waals surface area contributed by atoms with Crippen molar-refractivity contribution in [3.63, 3.8) is 0 Å². The van der Waals surface area contributed by atoms with Crippen LogP contribution in [0.25, 0.3) is 10.8 Å². The van der Waals surface area contributed by atoms with Gasteiger partial charge in [-0.05, 0) is 22.9 Å². The largest absolute Gasteiger partial charge is 0.507 e. The molecule has 0 saturated heterocycles. The molecule has 0 spiro atoms. The molecule has 0 amide bonds. The van der Waals surface area contributed by atoms with Crippen molar-refractivity contribution < 1.29 is 19.8 Å². The molecule has 3 rings (SSSR count). The summed E-state index contributed by atoms with van der Waals surface area (Å²) < 4.78 is 0. The van der Waals surface area contributed by atoms with Gasteiger partial charge in [-0.1, -0.05) is 48.5 Å². The fraction of sp³-hybridized carbons (Fsp3) is 0. The van der Waals surface area contributed by atoms with Gasteiger partial charge in [0, 0.05) is 5.56 Å². The summed E-state index contributed by atoms with van der Waals surface area (Å²) in [6.07, 6.45) is 0. The standard InChI is InChI=1S/C18H12O4/c19-15-10-9-11-5-1-2-6-12(11)16(15)17(20)13-7-3-4-8-14(13)18(21)22/h1-10,19H,(H,21,22). The van der Waals surface area contributed by atoms with Gasteiger partial charge in [-0.25, -0.2) is 4.79 Å². The average Bonchev–Trinajstić information content (AvgIpc) is 2.54. The van der Waals surface area contributed by atoms with Crippen LogP contribution in [0.4, 0.5) is 0 Å². The molecular weight excluding hydrogens is 280 g/mol. The fourth-order valence-corrected chi connectivity index (χ4v) is 2.50. The first-order valence-corrected chi connectivity index (χ1v) is 6.67. The van der Waals surface area contributed by atoms with Crippen LogP contribution in [0.5, 0.6) is 5.75 Å². The van der Waals surface area contributed by atoms with Crippen molar-refractivity contribution in [3.05, 3.63) is 77.4 Å². The van der Waals surface area contributed by atoms with Crippen molar-refractivity contribution in [2.24, 2.45) is 0 Å². The van der Waals surface area contributed by atoms with Gasteiger partial charge in [0.15, 0.2) is 5.78 Å². The molecule has 0 saturated carbocycles. The molecule has 0 radical (unpaired) electrons. The lowest BCUT2D eigenvalue weighted by Crippen LogP contribution is -2.10. The predicted molar refractivity (Wildman–Crippen MR) is 82.4 cm³/mol. The third-order valence-corrected chi connectivity index (χ3v) is 3.54. The monoisotopic (exact) mass is 292 g/mol. The number of aromatic hydroxyl groups is 1. The molecular formula is C18H12O4. The van der Waals surface area contributed by atoms with Crippen LogP contribution in [0.3, 0.4) is 0 Å². The van der Waals surface area contributed by atoms with Crippen LogP contribution in [0.15, 0.2) is 60.7 Å². The van der Waals surface area contributed by atoms with Gasteiger partial charge in [-0.2, -0.15) is 0 Å². The number of carbonyl (C=O) groups is 2. The third kappa shape index (κ3) is 2.20. The van der Waals surface area contributed by atoms with Crippen LogP contribution in [-0.4, -0.2) is 22.0 Å². The number of rotatable bonds is 3. The smallest absolute Gasteiger partial charge is 0.336 e. The van der Waals surface area contributed by atoms with Gasteiger partial charge >= 0.3 is 5.97 Å². The topological polar surface area (TPSA) is 74.6 Å². The van der Waals surface area contributed by atoms with Crippen molar-refractivity contribution in [2.45, 2.75) is 0 Å². The molecule has 108 valence electrons. The van der Waals surface area contributed by atoms with E-state index in [-0.39, 0.29) is 22.4 Å². The highest BCUT2D eigenvalue weighted by Gasteiger charge is 2.21. The van der Waals surface area contributed by atoms with Crippen LogP contribution in [-0.2, 0) is 0 Å². The van der Waals surface area contributed by atoms with Gasteiger partial charge in [-0.3, -0.25) is 4.79 Å². The zero-order valence-electron chi connectivity index (χ0n) is 11.5. The molecule has 3 aromatic rings.